The average molecular weight is 453 g/mol. The number of amides is 3. The predicted molar refractivity (Wildman–Crippen MR) is 124 cm³/mol. The van der Waals surface area contributed by atoms with Crippen LogP contribution in [0.25, 0.3) is 0 Å². The number of halogens is 1. The number of hydrogen-bond acceptors (Lipinski definition) is 5. The number of rotatable bonds is 6. The molecular formula is C23H21ClN4O4. The molecule has 32 heavy (non-hydrogen) atoms. The Hall–Kier alpha value is -3.91. The number of aromatic nitrogens is 1. The molecule has 2 N–H and O–H groups in total. The number of benzene rings is 2. The summed E-state index contributed by atoms with van der Waals surface area (Å²) in [5.74, 6) is -0.309. The van der Waals surface area contributed by atoms with Crippen LogP contribution in [0.2, 0.25) is 5.02 Å². The Bertz CT molecular complexity index is 1160. The summed E-state index contributed by atoms with van der Waals surface area (Å²) in [6.07, 6.45) is 1.47. The van der Waals surface area contributed by atoms with Crippen molar-refractivity contribution >= 4 is 46.5 Å². The number of anilines is 3. The first-order chi connectivity index (χ1) is 15.3. The molecular weight excluding hydrogens is 432 g/mol. The molecule has 0 saturated carbocycles. The predicted octanol–water partition coefficient (Wildman–Crippen LogP) is 4.23. The minimum absolute atomic E-state index is 0.120. The van der Waals surface area contributed by atoms with Crippen molar-refractivity contribution in [2.45, 2.75) is 6.92 Å². The molecule has 164 valence electrons. The van der Waals surface area contributed by atoms with Crippen LogP contribution in [0.1, 0.15) is 27.6 Å². The lowest BCUT2D eigenvalue weighted by atomic mass is 10.1. The second kappa shape index (κ2) is 9.93. The highest BCUT2D eigenvalue weighted by molar-refractivity contribution is 6.30. The van der Waals surface area contributed by atoms with Crippen LogP contribution in [0.5, 0.6) is 5.75 Å². The van der Waals surface area contributed by atoms with Crippen molar-refractivity contribution in [2.24, 2.45) is 0 Å². The Morgan fingerprint density at radius 2 is 1.69 bits per heavy atom. The van der Waals surface area contributed by atoms with Crippen LogP contribution in [0.3, 0.4) is 0 Å². The number of carbonyl (C=O) groups is 3. The minimum atomic E-state index is -0.493. The lowest BCUT2D eigenvalue weighted by Gasteiger charge is -2.16. The summed E-state index contributed by atoms with van der Waals surface area (Å²) in [5, 5.41) is 5.83. The van der Waals surface area contributed by atoms with Crippen LogP contribution < -0.4 is 20.3 Å². The van der Waals surface area contributed by atoms with E-state index in [9.17, 15) is 14.4 Å². The molecule has 3 aromatic rings. The molecule has 0 aliphatic heterocycles. The van der Waals surface area contributed by atoms with E-state index in [4.69, 9.17) is 16.3 Å². The van der Waals surface area contributed by atoms with Gasteiger partial charge in [-0.25, -0.2) is 4.98 Å². The number of ether oxygens (including phenoxy) is 1. The lowest BCUT2D eigenvalue weighted by molar-refractivity contribution is -0.116. The van der Waals surface area contributed by atoms with E-state index >= 15 is 0 Å². The Balaban J connectivity index is 1.83. The van der Waals surface area contributed by atoms with E-state index in [1.165, 1.54) is 37.3 Å². The van der Waals surface area contributed by atoms with Crippen LogP contribution in [0, 0.1) is 0 Å². The fraction of sp³-hybridized carbons (Fsp3) is 0.130. The summed E-state index contributed by atoms with van der Waals surface area (Å²) in [4.78, 5) is 42.7. The second-order valence-electron chi connectivity index (χ2n) is 6.80. The van der Waals surface area contributed by atoms with E-state index < -0.39 is 11.8 Å². The molecule has 0 unspecified atom stereocenters. The van der Waals surface area contributed by atoms with E-state index in [1.807, 2.05) is 0 Å². The van der Waals surface area contributed by atoms with Gasteiger partial charge in [-0.05, 0) is 54.6 Å². The molecule has 0 aliphatic carbocycles. The Morgan fingerprint density at radius 3 is 2.31 bits per heavy atom. The molecule has 9 heteroatoms. The number of nitrogens with zero attached hydrogens (tertiary/aromatic N) is 2. The van der Waals surface area contributed by atoms with Crippen LogP contribution in [0.4, 0.5) is 17.2 Å². The van der Waals surface area contributed by atoms with Crippen molar-refractivity contribution in [3.05, 3.63) is 76.9 Å². The molecule has 2 aromatic carbocycles. The maximum absolute atomic E-state index is 12.9. The number of nitrogens with one attached hydrogen (secondary N) is 2. The summed E-state index contributed by atoms with van der Waals surface area (Å²) >= 11 is 5.95. The normalized spacial score (nSPS) is 10.2. The third-order valence-corrected chi connectivity index (χ3v) is 4.91. The highest BCUT2D eigenvalue weighted by Crippen LogP contribution is 2.24. The maximum Gasteiger partial charge on any atom is 0.259 e. The van der Waals surface area contributed by atoms with Gasteiger partial charge >= 0.3 is 0 Å². The van der Waals surface area contributed by atoms with Gasteiger partial charge in [-0.2, -0.15) is 0 Å². The van der Waals surface area contributed by atoms with Crippen LogP contribution >= 0.6 is 11.6 Å². The molecule has 0 atom stereocenters. The van der Waals surface area contributed by atoms with Crippen molar-refractivity contribution in [2.75, 3.05) is 29.7 Å². The van der Waals surface area contributed by atoms with Gasteiger partial charge in [0, 0.05) is 36.4 Å². The zero-order valence-electron chi connectivity index (χ0n) is 17.7. The molecule has 3 amide bonds. The topological polar surface area (TPSA) is 101 Å². The number of methoxy groups -OCH3 is 1. The first-order valence-electron chi connectivity index (χ1n) is 9.55. The molecule has 0 radical (unpaired) electrons. The summed E-state index contributed by atoms with van der Waals surface area (Å²) in [5.41, 5.74) is 1.50. The monoisotopic (exact) mass is 452 g/mol. The first kappa shape index (κ1) is 22.8. The third kappa shape index (κ3) is 5.41. The van der Waals surface area contributed by atoms with E-state index in [0.29, 0.717) is 27.7 Å². The fourth-order valence-electron chi connectivity index (χ4n) is 2.82. The zero-order valence-corrected chi connectivity index (χ0v) is 18.4. The number of pyridine rings is 1. The van der Waals surface area contributed by atoms with Gasteiger partial charge in [0.25, 0.3) is 11.8 Å². The molecule has 0 spiro atoms. The zero-order chi connectivity index (χ0) is 23.3. The number of carbonyl (C=O) groups excluding carboxylic acids is 3. The van der Waals surface area contributed by atoms with Crippen LogP contribution in [-0.2, 0) is 4.79 Å². The van der Waals surface area contributed by atoms with Crippen LogP contribution in [-0.4, -0.2) is 36.9 Å². The van der Waals surface area contributed by atoms with Gasteiger partial charge in [0.1, 0.15) is 11.6 Å². The van der Waals surface area contributed by atoms with E-state index in [-0.39, 0.29) is 17.3 Å². The van der Waals surface area contributed by atoms with Gasteiger partial charge in [-0.1, -0.05) is 11.6 Å². The SMILES string of the molecule is COc1ccc(NC(=O)c2ccc(N(C)C(C)=O)cc2)c(C(=O)Nc2cc(Cl)ccn2)c1. The Morgan fingerprint density at radius 1 is 0.969 bits per heavy atom. The van der Waals surface area contributed by atoms with Gasteiger partial charge in [-0.3, -0.25) is 14.4 Å². The summed E-state index contributed by atoms with van der Waals surface area (Å²) in [6.45, 7) is 1.45. The van der Waals surface area contributed by atoms with Gasteiger partial charge in [0.05, 0.1) is 18.4 Å². The maximum atomic E-state index is 12.9. The van der Waals surface area contributed by atoms with Crippen molar-refractivity contribution in [3.8, 4) is 5.75 Å². The van der Waals surface area contributed by atoms with Crippen molar-refractivity contribution < 1.29 is 19.1 Å². The van der Waals surface area contributed by atoms with E-state index in [2.05, 4.69) is 15.6 Å². The Labute approximate surface area is 190 Å². The van der Waals surface area contributed by atoms with Gasteiger partial charge in [0.2, 0.25) is 5.91 Å². The summed E-state index contributed by atoms with van der Waals surface area (Å²) in [6, 6.07) is 14.4. The molecule has 1 heterocycles. The molecule has 0 aliphatic rings. The third-order valence-electron chi connectivity index (χ3n) is 4.67. The standard InChI is InChI=1S/C23H21ClN4O4/c1-14(29)28(2)17-6-4-15(5-7-17)22(30)26-20-9-8-18(32-3)13-19(20)23(31)27-21-12-16(24)10-11-25-21/h4-13H,1-3H3,(H,26,30)(H,25,27,31). The van der Waals surface area contributed by atoms with E-state index in [1.54, 1.807) is 49.5 Å². The van der Waals surface area contributed by atoms with Crippen LogP contribution in [0.15, 0.2) is 60.8 Å². The molecule has 3 rings (SSSR count). The van der Waals surface area contributed by atoms with Gasteiger partial charge in [-0.15, -0.1) is 0 Å². The highest BCUT2D eigenvalue weighted by atomic mass is 35.5. The van der Waals surface area contributed by atoms with Crippen molar-refractivity contribution in [1.82, 2.24) is 4.98 Å². The number of hydrogen-bond donors (Lipinski definition) is 2. The molecule has 0 fully saturated rings. The molecule has 1 aromatic heterocycles. The Kier molecular flexibility index (Phi) is 7.07. The van der Waals surface area contributed by atoms with Gasteiger partial charge in [0.15, 0.2) is 0 Å². The second-order valence-corrected chi connectivity index (χ2v) is 7.24. The summed E-state index contributed by atoms with van der Waals surface area (Å²) in [7, 11) is 3.13. The highest BCUT2D eigenvalue weighted by Gasteiger charge is 2.17. The quantitative estimate of drug-likeness (QED) is 0.582. The smallest absolute Gasteiger partial charge is 0.259 e. The molecule has 0 saturated heterocycles. The summed E-state index contributed by atoms with van der Waals surface area (Å²) < 4.78 is 5.21. The molecule has 0 bridgehead atoms. The van der Waals surface area contributed by atoms with Crippen molar-refractivity contribution in [3.63, 3.8) is 0 Å². The first-order valence-corrected chi connectivity index (χ1v) is 9.93. The lowest BCUT2D eigenvalue weighted by Crippen LogP contribution is -2.23. The molecule has 8 nitrogen and oxygen atoms in total. The minimum Gasteiger partial charge on any atom is -0.497 e. The van der Waals surface area contributed by atoms with Gasteiger partial charge < -0.3 is 20.3 Å². The fourth-order valence-corrected chi connectivity index (χ4v) is 2.98. The van der Waals surface area contributed by atoms with Crippen molar-refractivity contribution in [1.29, 1.82) is 0 Å². The van der Waals surface area contributed by atoms with E-state index in [0.717, 1.165) is 0 Å². The average Bonchev–Trinajstić information content (AvgIpc) is 2.78. The largest absolute Gasteiger partial charge is 0.497 e.